The number of ether oxygens (including phenoxy) is 1. The van der Waals surface area contributed by atoms with E-state index >= 15 is 0 Å². The summed E-state index contributed by atoms with van der Waals surface area (Å²) < 4.78 is 4.86. The zero-order chi connectivity index (χ0) is 13.6. The number of hydrogen-bond acceptors (Lipinski definition) is 4. The molecule has 1 atom stereocenters. The first kappa shape index (κ1) is 15.4. The molecule has 18 heavy (non-hydrogen) atoms. The highest BCUT2D eigenvalue weighted by Crippen LogP contribution is 2.21. The molecule has 0 spiro atoms. The van der Waals surface area contributed by atoms with Gasteiger partial charge in [0.1, 0.15) is 5.54 Å². The van der Waals surface area contributed by atoms with Gasteiger partial charge in [-0.1, -0.05) is 13.3 Å². The van der Waals surface area contributed by atoms with Gasteiger partial charge in [-0.05, 0) is 52.2 Å². The Morgan fingerprint density at radius 1 is 1.44 bits per heavy atom. The molecule has 0 aliphatic carbocycles. The van der Waals surface area contributed by atoms with E-state index in [1.165, 1.54) is 39.5 Å². The molecular formula is C14H28N2O2. The molecule has 1 N–H and O–H groups in total. The van der Waals surface area contributed by atoms with Crippen molar-refractivity contribution in [1.82, 2.24) is 10.2 Å². The molecule has 1 rings (SSSR count). The molecule has 1 aliphatic rings. The highest BCUT2D eigenvalue weighted by atomic mass is 16.5. The fourth-order valence-corrected chi connectivity index (χ4v) is 2.55. The van der Waals surface area contributed by atoms with Crippen molar-refractivity contribution in [3.05, 3.63) is 0 Å². The van der Waals surface area contributed by atoms with Gasteiger partial charge in [-0.15, -0.1) is 0 Å². The third-order valence-corrected chi connectivity index (χ3v) is 4.40. The SMILES string of the molecule is CCC1CCN(CCC(C)(NC)C(=O)OC)CC1. The predicted molar refractivity (Wildman–Crippen MR) is 73.6 cm³/mol. The average molecular weight is 256 g/mol. The molecule has 1 heterocycles. The number of nitrogens with one attached hydrogen (secondary N) is 1. The van der Waals surface area contributed by atoms with Crippen LogP contribution in [0.4, 0.5) is 0 Å². The van der Waals surface area contributed by atoms with Crippen molar-refractivity contribution in [2.45, 2.75) is 45.1 Å². The predicted octanol–water partition coefficient (Wildman–Crippen LogP) is 1.65. The van der Waals surface area contributed by atoms with Crippen LogP contribution in [0.2, 0.25) is 0 Å². The van der Waals surface area contributed by atoms with Gasteiger partial charge in [0.2, 0.25) is 0 Å². The lowest BCUT2D eigenvalue weighted by Crippen LogP contribution is -2.50. The number of carbonyl (C=O) groups excluding carboxylic acids is 1. The molecule has 0 aromatic rings. The molecule has 1 fully saturated rings. The van der Waals surface area contributed by atoms with Crippen LogP contribution in [0.3, 0.4) is 0 Å². The minimum Gasteiger partial charge on any atom is -0.468 e. The summed E-state index contributed by atoms with van der Waals surface area (Å²) >= 11 is 0. The lowest BCUT2D eigenvalue weighted by Gasteiger charge is -2.34. The first-order chi connectivity index (χ1) is 8.55. The number of piperidine rings is 1. The van der Waals surface area contributed by atoms with Gasteiger partial charge in [0.05, 0.1) is 7.11 Å². The maximum absolute atomic E-state index is 11.7. The summed E-state index contributed by atoms with van der Waals surface area (Å²) in [4.78, 5) is 14.2. The number of hydrogen-bond donors (Lipinski definition) is 1. The van der Waals surface area contributed by atoms with E-state index in [4.69, 9.17) is 4.74 Å². The van der Waals surface area contributed by atoms with Gasteiger partial charge in [0.15, 0.2) is 0 Å². The molecular weight excluding hydrogens is 228 g/mol. The Labute approximate surface area is 111 Å². The van der Waals surface area contributed by atoms with Crippen molar-refractivity contribution >= 4 is 5.97 Å². The Balaban J connectivity index is 2.38. The van der Waals surface area contributed by atoms with E-state index in [0.717, 1.165) is 18.9 Å². The Bertz CT molecular complexity index is 263. The van der Waals surface area contributed by atoms with Crippen LogP contribution < -0.4 is 5.32 Å². The van der Waals surface area contributed by atoms with Gasteiger partial charge in [-0.3, -0.25) is 4.79 Å². The molecule has 0 aromatic carbocycles. The Morgan fingerprint density at radius 3 is 2.50 bits per heavy atom. The van der Waals surface area contributed by atoms with Gasteiger partial charge in [0.25, 0.3) is 0 Å². The topological polar surface area (TPSA) is 41.6 Å². The number of likely N-dealkylation sites (N-methyl/N-ethyl adjacent to an activating group) is 1. The molecule has 0 saturated carbocycles. The van der Waals surface area contributed by atoms with Crippen molar-refractivity contribution in [1.29, 1.82) is 0 Å². The maximum atomic E-state index is 11.7. The van der Waals surface area contributed by atoms with Crippen LogP contribution in [0.15, 0.2) is 0 Å². The highest BCUT2D eigenvalue weighted by Gasteiger charge is 2.33. The quantitative estimate of drug-likeness (QED) is 0.734. The van der Waals surface area contributed by atoms with Crippen LogP contribution in [-0.4, -0.2) is 50.2 Å². The molecule has 1 aliphatic heterocycles. The molecule has 4 heteroatoms. The molecule has 106 valence electrons. The highest BCUT2D eigenvalue weighted by molar-refractivity contribution is 5.80. The second kappa shape index (κ2) is 7.10. The summed E-state index contributed by atoms with van der Waals surface area (Å²) in [6, 6.07) is 0. The van der Waals surface area contributed by atoms with Crippen LogP contribution in [-0.2, 0) is 9.53 Å². The third-order valence-electron chi connectivity index (χ3n) is 4.40. The van der Waals surface area contributed by atoms with Crippen LogP contribution in [0.5, 0.6) is 0 Å². The minimum atomic E-state index is -0.559. The minimum absolute atomic E-state index is 0.173. The van der Waals surface area contributed by atoms with Gasteiger partial charge in [-0.2, -0.15) is 0 Å². The average Bonchev–Trinajstić information content (AvgIpc) is 2.44. The van der Waals surface area contributed by atoms with E-state index in [2.05, 4.69) is 17.1 Å². The molecule has 1 unspecified atom stereocenters. The summed E-state index contributed by atoms with van der Waals surface area (Å²) in [6.07, 6.45) is 4.69. The monoisotopic (exact) mass is 256 g/mol. The molecule has 0 bridgehead atoms. The standard InChI is InChI=1S/C14H28N2O2/c1-5-12-6-9-16(10-7-12)11-8-14(2,15-3)13(17)18-4/h12,15H,5-11H2,1-4H3. The molecule has 0 amide bonds. The first-order valence-electron chi connectivity index (χ1n) is 7.05. The molecule has 4 nitrogen and oxygen atoms in total. The second-order valence-electron chi connectivity index (χ2n) is 5.52. The smallest absolute Gasteiger partial charge is 0.325 e. The summed E-state index contributed by atoms with van der Waals surface area (Å²) in [5.41, 5.74) is -0.559. The number of likely N-dealkylation sites (tertiary alicyclic amines) is 1. The Morgan fingerprint density at radius 2 is 2.06 bits per heavy atom. The normalized spacial score (nSPS) is 21.6. The van der Waals surface area contributed by atoms with Crippen molar-refractivity contribution in [3.8, 4) is 0 Å². The van der Waals surface area contributed by atoms with Crippen LogP contribution in [0.1, 0.15) is 39.5 Å². The van der Waals surface area contributed by atoms with E-state index in [1.54, 1.807) is 0 Å². The summed E-state index contributed by atoms with van der Waals surface area (Å²) in [7, 11) is 3.27. The van der Waals surface area contributed by atoms with E-state index in [-0.39, 0.29) is 5.97 Å². The fourth-order valence-electron chi connectivity index (χ4n) is 2.55. The van der Waals surface area contributed by atoms with Crippen molar-refractivity contribution in [3.63, 3.8) is 0 Å². The number of methoxy groups -OCH3 is 1. The summed E-state index contributed by atoms with van der Waals surface area (Å²) in [5, 5.41) is 3.09. The van der Waals surface area contributed by atoms with Gasteiger partial charge in [-0.25, -0.2) is 0 Å². The summed E-state index contributed by atoms with van der Waals surface area (Å²) in [5.74, 6) is 0.728. The molecule has 0 radical (unpaired) electrons. The fraction of sp³-hybridized carbons (Fsp3) is 0.929. The third kappa shape index (κ3) is 3.95. The van der Waals surface area contributed by atoms with E-state index in [0.29, 0.717) is 0 Å². The first-order valence-corrected chi connectivity index (χ1v) is 7.05. The second-order valence-corrected chi connectivity index (χ2v) is 5.52. The van der Waals surface area contributed by atoms with Crippen molar-refractivity contribution in [2.75, 3.05) is 33.8 Å². The van der Waals surface area contributed by atoms with Gasteiger partial charge in [0, 0.05) is 6.54 Å². The maximum Gasteiger partial charge on any atom is 0.325 e. The number of rotatable bonds is 6. The van der Waals surface area contributed by atoms with Crippen LogP contribution >= 0.6 is 0 Å². The summed E-state index contributed by atoms with van der Waals surface area (Å²) in [6.45, 7) is 7.48. The zero-order valence-corrected chi connectivity index (χ0v) is 12.3. The van der Waals surface area contributed by atoms with Crippen molar-refractivity contribution in [2.24, 2.45) is 5.92 Å². The van der Waals surface area contributed by atoms with Crippen LogP contribution in [0.25, 0.3) is 0 Å². The van der Waals surface area contributed by atoms with E-state index < -0.39 is 5.54 Å². The Kier molecular flexibility index (Phi) is 6.09. The van der Waals surface area contributed by atoms with Crippen LogP contribution in [0, 0.1) is 5.92 Å². The largest absolute Gasteiger partial charge is 0.468 e. The zero-order valence-electron chi connectivity index (χ0n) is 12.3. The number of nitrogens with zero attached hydrogens (tertiary/aromatic N) is 1. The number of esters is 1. The van der Waals surface area contributed by atoms with Crippen molar-refractivity contribution < 1.29 is 9.53 Å². The Hall–Kier alpha value is -0.610. The number of carbonyl (C=O) groups is 1. The molecule has 1 saturated heterocycles. The van der Waals surface area contributed by atoms with E-state index in [1.807, 2.05) is 14.0 Å². The lowest BCUT2D eigenvalue weighted by atomic mass is 9.93. The molecule has 0 aromatic heterocycles. The van der Waals surface area contributed by atoms with Gasteiger partial charge < -0.3 is 15.0 Å². The van der Waals surface area contributed by atoms with Gasteiger partial charge >= 0.3 is 5.97 Å². The van der Waals surface area contributed by atoms with E-state index in [9.17, 15) is 4.79 Å². The lowest BCUT2D eigenvalue weighted by molar-refractivity contribution is -0.148.